The Bertz CT molecular complexity index is 1180. The van der Waals surface area contributed by atoms with Gasteiger partial charge in [0, 0.05) is 51.3 Å². The normalized spacial score (nSPS) is 16.2. The lowest BCUT2D eigenvalue weighted by Gasteiger charge is -2.33. The molecule has 0 aliphatic heterocycles. The Balaban J connectivity index is 2.01. The number of rotatable bonds is 8. The van der Waals surface area contributed by atoms with Crippen LogP contribution in [-0.4, -0.2) is 24.7 Å². The molecule has 0 amide bonds. The number of allylic oxidation sites excluding steroid dienone is 2. The maximum atomic E-state index is 14.4. The summed E-state index contributed by atoms with van der Waals surface area (Å²) < 4.78 is 43.2. The van der Waals surface area contributed by atoms with E-state index in [0.717, 1.165) is 19.8 Å². The second-order valence-electron chi connectivity index (χ2n) is 8.63. The van der Waals surface area contributed by atoms with E-state index >= 15 is 0 Å². The number of Topliss-reactive ketones (excluding diaryl/α,β-unsaturated/α-hetero) is 1. The predicted molar refractivity (Wildman–Crippen MR) is 134 cm³/mol. The minimum atomic E-state index is -4.62. The molecule has 0 N–H and O–H groups in total. The van der Waals surface area contributed by atoms with Crippen LogP contribution in [0.1, 0.15) is 42.9 Å². The van der Waals surface area contributed by atoms with E-state index in [9.17, 15) is 18.0 Å². The number of nitrogens with zero attached hydrogens (tertiary/aromatic N) is 1. The van der Waals surface area contributed by atoms with Gasteiger partial charge in [0.25, 0.3) is 0 Å². The molecule has 1 atom stereocenters. The van der Waals surface area contributed by atoms with Crippen molar-refractivity contribution in [3.63, 3.8) is 0 Å². The highest BCUT2D eigenvalue weighted by Gasteiger charge is 2.53. The first-order valence-corrected chi connectivity index (χ1v) is 11.6. The Hall–Kier alpha value is -2.08. The summed E-state index contributed by atoms with van der Waals surface area (Å²) in [7, 11) is 1.43. The first kappa shape index (κ1) is 26.5. The second-order valence-corrected chi connectivity index (χ2v) is 9.91. The summed E-state index contributed by atoms with van der Waals surface area (Å²) in [5, 5.41) is 0.530. The van der Waals surface area contributed by atoms with Crippen molar-refractivity contribution >= 4 is 51.9 Å². The standard InChI is InChI=1S/C26H23Cl3F3NO/c1-14(15(2)24(34)16-5-6-16)21-9-17(7-8-22(21)29)23(33-4)13-25(3,26(30,31)32)18-10-19(27)12-20(28)11-18/h7-12,16H,1-2,5-6,13H2,3-4H3. The van der Waals surface area contributed by atoms with Crippen LogP contribution in [0.15, 0.2) is 60.1 Å². The molecule has 1 saturated carbocycles. The van der Waals surface area contributed by atoms with Crippen LogP contribution in [0.4, 0.5) is 13.2 Å². The molecule has 1 aliphatic carbocycles. The molecule has 2 nitrogen and oxygen atoms in total. The molecule has 1 aliphatic rings. The van der Waals surface area contributed by atoms with E-state index in [1.807, 2.05) is 0 Å². The molecule has 3 rings (SSSR count). The number of alkyl halides is 3. The highest BCUT2D eigenvalue weighted by molar-refractivity contribution is 6.35. The molecular weight excluding hydrogens is 506 g/mol. The zero-order valence-corrected chi connectivity index (χ0v) is 21.0. The SMILES string of the molecule is C=C(C(=C)c1cc(C(CC(C)(c2cc(Cl)cc(Cl)c2)C(F)(F)F)=NC)ccc1Cl)C(=O)C1CC1. The van der Waals surface area contributed by atoms with Gasteiger partial charge in [0.2, 0.25) is 0 Å². The highest BCUT2D eigenvalue weighted by atomic mass is 35.5. The number of hydrogen-bond donors (Lipinski definition) is 0. The molecule has 0 spiro atoms. The maximum Gasteiger partial charge on any atom is 0.398 e. The van der Waals surface area contributed by atoms with Gasteiger partial charge in [0.15, 0.2) is 5.78 Å². The van der Waals surface area contributed by atoms with Crippen molar-refractivity contribution < 1.29 is 18.0 Å². The molecule has 8 heteroatoms. The predicted octanol–water partition coefficient (Wildman–Crippen LogP) is 8.52. The lowest BCUT2D eigenvalue weighted by atomic mass is 9.76. The summed E-state index contributed by atoms with van der Waals surface area (Å²) in [6.45, 7) is 8.92. The highest BCUT2D eigenvalue weighted by Crippen LogP contribution is 2.46. The molecule has 2 aromatic rings. The van der Waals surface area contributed by atoms with Crippen molar-refractivity contribution in [3.05, 3.63) is 86.9 Å². The second kappa shape index (κ2) is 9.88. The summed E-state index contributed by atoms with van der Waals surface area (Å²) in [6, 6.07) is 8.65. The van der Waals surface area contributed by atoms with E-state index in [1.165, 1.54) is 25.2 Å². The van der Waals surface area contributed by atoms with Crippen LogP contribution < -0.4 is 0 Å². The summed E-state index contributed by atoms with van der Waals surface area (Å²) in [4.78, 5) is 16.6. The Kier molecular flexibility index (Phi) is 7.71. The van der Waals surface area contributed by atoms with Gasteiger partial charge in [0.1, 0.15) is 0 Å². The van der Waals surface area contributed by atoms with E-state index in [2.05, 4.69) is 18.2 Å². The monoisotopic (exact) mass is 527 g/mol. The Labute approximate surface area is 212 Å². The lowest BCUT2D eigenvalue weighted by Crippen LogP contribution is -2.41. The molecule has 0 saturated heterocycles. The third-order valence-electron chi connectivity index (χ3n) is 6.15. The van der Waals surface area contributed by atoms with Crippen LogP contribution in [0.25, 0.3) is 5.57 Å². The molecule has 34 heavy (non-hydrogen) atoms. The number of hydrogen-bond acceptors (Lipinski definition) is 2. The molecule has 180 valence electrons. The first-order valence-electron chi connectivity index (χ1n) is 10.5. The van der Waals surface area contributed by atoms with Gasteiger partial charge < -0.3 is 0 Å². The third kappa shape index (κ3) is 5.42. The van der Waals surface area contributed by atoms with E-state index in [-0.39, 0.29) is 38.6 Å². The van der Waals surface area contributed by atoms with Gasteiger partial charge in [-0.15, -0.1) is 0 Å². The van der Waals surface area contributed by atoms with Gasteiger partial charge in [-0.3, -0.25) is 9.79 Å². The summed E-state index contributed by atoms with van der Waals surface area (Å²) >= 11 is 18.4. The molecule has 1 fully saturated rings. The van der Waals surface area contributed by atoms with Crippen LogP contribution in [0.5, 0.6) is 0 Å². The minimum absolute atomic E-state index is 0.0454. The fraction of sp³-hybridized carbons (Fsp3) is 0.308. The average molecular weight is 529 g/mol. The van der Waals surface area contributed by atoms with Crippen molar-refractivity contribution in [3.8, 4) is 0 Å². The van der Waals surface area contributed by atoms with Crippen LogP contribution in [0.3, 0.4) is 0 Å². The van der Waals surface area contributed by atoms with Gasteiger partial charge in [-0.2, -0.15) is 13.2 Å². The fourth-order valence-corrected chi connectivity index (χ4v) is 4.48. The summed E-state index contributed by atoms with van der Waals surface area (Å²) in [5.74, 6) is -0.130. The van der Waals surface area contributed by atoms with Crippen LogP contribution in [-0.2, 0) is 10.2 Å². The maximum absolute atomic E-state index is 14.4. The van der Waals surface area contributed by atoms with Crippen LogP contribution in [0.2, 0.25) is 15.1 Å². The van der Waals surface area contributed by atoms with E-state index in [4.69, 9.17) is 34.8 Å². The summed E-state index contributed by atoms with van der Waals surface area (Å²) in [6.07, 6.45) is -3.47. The van der Waals surface area contributed by atoms with Crippen molar-refractivity contribution in [2.75, 3.05) is 7.05 Å². The van der Waals surface area contributed by atoms with E-state index < -0.39 is 18.0 Å². The van der Waals surface area contributed by atoms with Crippen molar-refractivity contribution in [2.45, 2.75) is 37.8 Å². The largest absolute Gasteiger partial charge is 0.398 e. The molecule has 0 aromatic heterocycles. The van der Waals surface area contributed by atoms with Gasteiger partial charge in [0.05, 0.1) is 5.41 Å². The zero-order valence-electron chi connectivity index (χ0n) is 18.7. The Morgan fingerprint density at radius 3 is 2.15 bits per heavy atom. The van der Waals surface area contributed by atoms with Gasteiger partial charge in [-0.25, -0.2) is 0 Å². The molecule has 2 aromatic carbocycles. The number of aliphatic imine (C=N–C) groups is 1. The molecular formula is C26H23Cl3F3NO. The minimum Gasteiger partial charge on any atom is -0.294 e. The average Bonchev–Trinajstić information content (AvgIpc) is 3.60. The third-order valence-corrected chi connectivity index (χ3v) is 6.92. The van der Waals surface area contributed by atoms with Crippen LogP contribution >= 0.6 is 34.8 Å². The van der Waals surface area contributed by atoms with Crippen molar-refractivity contribution in [1.29, 1.82) is 0 Å². The lowest BCUT2D eigenvalue weighted by molar-refractivity contribution is -0.183. The van der Waals surface area contributed by atoms with Crippen LogP contribution in [0, 0.1) is 5.92 Å². The number of ketones is 1. The molecule has 0 heterocycles. The van der Waals surface area contributed by atoms with E-state index in [1.54, 1.807) is 18.2 Å². The van der Waals surface area contributed by atoms with Crippen molar-refractivity contribution in [1.82, 2.24) is 0 Å². The zero-order chi connectivity index (χ0) is 25.4. The number of benzene rings is 2. The molecule has 0 bridgehead atoms. The van der Waals surface area contributed by atoms with Crippen molar-refractivity contribution in [2.24, 2.45) is 10.9 Å². The number of carbonyl (C=O) groups excluding carboxylic acids is 1. The Morgan fingerprint density at radius 1 is 1.06 bits per heavy atom. The molecule has 0 radical (unpaired) electrons. The fourth-order valence-electron chi connectivity index (χ4n) is 3.72. The first-order chi connectivity index (χ1) is 15.8. The van der Waals surface area contributed by atoms with E-state index in [0.29, 0.717) is 21.7 Å². The molecule has 1 unspecified atom stereocenters. The quantitative estimate of drug-likeness (QED) is 0.192. The smallest absolute Gasteiger partial charge is 0.294 e. The number of halogens is 6. The number of carbonyl (C=O) groups is 1. The van der Waals surface area contributed by atoms with Gasteiger partial charge in [-0.1, -0.05) is 54.0 Å². The Morgan fingerprint density at radius 2 is 1.65 bits per heavy atom. The summed E-state index contributed by atoms with van der Waals surface area (Å²) in [5.41, 5.74) is -0.734. The topological polar surface area (TPSA) is 29.4 Å². The van der Waals surface area contributed by atoms with Gasteiger partial charge >= 0.3 is 6.18 Å². The van der Waals surface area contributed by atoms with Gasteiger partial charge in [-0.05, 0) is 66.8 Å².